The van der Waals surface area contributed by atoms with Crippen LogP contribution in [-0.2, 0) is 0 Å². The van der Waals surface area contributed by atoms with E-state index < -0.39 is 0 Å². The molecule has 2 heteroatoms. The molecule has 50 heavy (non-hydrogen) atoms. The van der Waals surface area contributed by atoms with Gasteiger partial charge in [0, 0.05) is 38.5 Å². The summed E-state index contributed by atoms with van der Waals surface area (Å²) in [6.45, 7) is 0. The van der Waals surface area contributed by atoms with Gasteiger partial charge in [-0.2, -0.15) is 0 Å². The highest BCUT2D eigenvalue weighted by molar-refractivity contribution is 6.15. The number of fused-ring (bicyclic) bond motifs is 6. The highest BCUT2D eigenvalue weighted by atomic mass is 15.0. The van der Waals surface area contributed by atoms with E-state index in [4.69, 9.17) is 0 Å². The van der Waals surface area contributed by atoms with Gasteiger partial charge < -0.3 is 9.13 Å². The van der Waals surface area contributed by atoms with E-state index in [1.165, 1.54) is 82.7 Å². The van der Waals surface area contributed by atoms with Crippen LogP contribution in [0.25, 0.3) is 88.4 Å². The second kappa shape index (κ2) is 11.5. The van der Waals surface area contributed by atoms with Crippen molar-refractivity contribution in [2.75, 3.05) is 0 Å². The number of nitrogens with zero attached hydrogens (tertiary/aromatic N) is 2. The van der Waals surface area contributed by atoms with Gasteiger partial charge >= 0.3 is 0 Å². The summed E-state index contributed by atoms with van der Waals surface area (Å²) >= 11 is 0. The van der Waals surface area contributed by atoms with Crippen molar-refractivity contribution in [3.05, 3.63) is 194 Å². The van der Waals surface area contributed by atoms with Crippen molar-refractivity contribution in [1.29, 1.82) is 0 Å². The molecule has 234 valence electrons. The molecule has 0 N–H and O–H groups in total. The summed E-state index contributed by atoms with van der Waals surface area (Å²) < 4.78 is 4.85. The lowest BCUT2D eigenvalue weighted by atomic mass is 9.94. The van der Waals surface area contributed by atoms with E-state index in [1.807, 2.05) is 0 Å². The maximum atomic E-state index is 2.47. The lowest BCUT2D eigenvalue weighted by molar-refractivity contribution is 1.18. The Labute approximate surface area is 290 Å². The van der Waals surface area contributed by atoms with E-state index in [0.717, 1.165) is 5.69 Å². The molecule has 10 rings (SSSR count). The molecule has 0 atom stereocenters. The number of rotatable bonds is 5. The third-order valence-corrected chi connectivity index (χ3v) is 10.1. The van der Waals surface area contributed by atoms with Crippen LogP contribution in [0.4, 0.5) is 0 Å². The van der Waals surface area contributed by atoms with Crippen LogP contribution in [0.15, 0.2) is 194 Å². The van der Waals surface area contributed by atoms with Crippen LogP contribution in [0.5, 0.6) is 0 Å². The Kier molecular flexibility index (Phi) is 6.53. The Balaban J connectivity index is 1.25. The van der Waals surface area contributed by atoms with Crippen molar-refractivity contribution in [1.82, 2.24) is 9.13 Å². The molecule has 0 unspecified atom stereocenters. The molecule has 0 aliphatic heterocycles. The van der Waals surface area contributed by atoms with Crippen LogP contribution in [0.3, 0.4) is 0 Å². The maximum absolute atomic E-state index is 2.47. The Morgan fingerprint density at radius 2 is 0.820 bits per heavy atom. The zero-order chi connectivity index (χ0) is 33.0. The first kappa shape index (κ1) is 28.4. The third kappa shape index (κ3) is 4.43. The first-order valence-corrected chi connectivity index (χ1v) is 17.2. The minimum atomic E-state index is 1.14. The van der Waals surface area contributed by atoms with Crippen molar-refractivity contribution in [3.8, 4) is 44.8 Å². The van der Waals surface area contributed by atoms with E-state index in [-0.39, 0.29) is 0 Å². The van der Waals surface area contributed by atoms with Gasteiger partial charge in [0.15, 0.2) is 0 Å². The normalized spacial score (nSPS) is 11.6. The SMILES string of the molecule is c1ccc(-c2ccc(-n3c4ccccc4c4cccc(-c5ccc6c(c5)c5ccccc5n6-c5ccccc5)c43)cc2-c2ccccc2)cc1. The summed E-state index contributed by atoms with van der Waals surface area (Å²) in [6.07, 6.45) is 0. The number of para-hydroxylation sites is 4. The number of hydrogen-bond acceptors (Lipinski definition) is 0. The third-order valence-electron chi connectivity index (χ3n) is 10.1. The topological polar surface area (TPSA) is 9.86 Å². The summed E-state index contributed by atoms with van der Waals surface area (Å²) in [4.78, 5) is 0. The standard InChI is InChI=1S/C48H32N2/c1-4-15-33(16-5-1)38-29-28-37(32-43(38)34-17-6-2-7-18-34)50-46-26-13-10-21-40(46)42-24-14-23-39(48(42)50)35-27-30-47-44(31-35)41-22-11-12-25-45(41)49(47)36-19-8-3-9-20-36/h1-32H. The largest absolute Gasteiger partial charge is 0.309 e. The van der Waals surface area contributed by atoms with Gasteiger partial charge in [-0.25, -0.2) is 0 Å². The van der Waals surface area contributed by atoms with Gasteiger partial charge in [0.2, 0.25) is 0 Å². The molecule has 0 saturated carbocycles. The van der Waals surface area contributed by atoms with Gasteiger partial charge in [0.25, 0.3) is 0 Å². The molecule has 0 amide bonds. The van der Waals surface area contributed by atoms with Crippen LogP contribution in [-0.4, -0.2) is 9.13 Å². The highest BCUT2D eigenvalue weighted by Crippen LogP contribution is 2.42. The fourth-order valence-electron chi connectivity index (χ4n) is 7.91. The lowest BCUT2D eigenvalue weighted by Crippen LogP contribution is -1.97. The van der Waals surface area contributed by atoms with E-state index in [1.54, 1.807) is 0 Å². The quantitative estimate of drug-likeness (QED) is 0.178. The summed E-state index contributed by atoms with van der Waals surface area (Å²) in [7, 11) is 0. The number of aromatic nitrogens is 2. The smallest absolute Gasteiger partial charge is 0.0619 e. The van der Waals surface area contributed by atoms with E-state index in [0.29, 0.717) is 0 Å². The second-order valence-corrected chi connectivity index (χ2v) is 12.9. The molecule has 2 aromatic heterocycles. The maximum Gasteiger partial charge on any atom is 0.0619 e. The van der Waals surface area contributed by atoms with Crippen molar-refractivity contribution in [3.63, 3.8) is 0 Å². The molecule has 10 aromatic rings. The molecule has 0 radical (unpaired) electrons. The van der Waals surface area contributed by atoms with Gasteiger partial charge in [-0.05, 0) is 76.3 Å². The Morgan fingerprint density at radius 1 is 0.260 bits per heavy atom. The Bertz CT molecular complexity index is 2840. The van der Waals surface area contributed by atoms with Gasteiger partial charge in [0.05, 0.1) is 22.1 Å². The number of hydrogen-bond donors (Lipinski definition) is 0. The first-order valence-electron chi connectivity index (χ1n) is 17.2. The van der Waals surface area contributed by atoms with Crippen molar-refractivity contribution in [2.24, 2.45) is 0 Å². The van der Waals surface area contributed by atoms with Gasteiger partial charge in [-0.3, -0.25) is 0 Å². The van der Waals surface area contributed by atoms with Crippen LogP contribution >= 0.6 is 0 Å². The zero-order valence-electron chi connectivity index (χ0n) is 27.4. The Morgan fingerprint density at radius 3 is 1.54 bits per heavy atom. The average molecular weight is 637 g/mol. The summed E-state index contributed by atoms with van der Waals surface area (Å²) in [5, 5.41) is 5.00. The first-order chi connectivity index (χ1) is 24.8. The van der Waals surface area contributed by atoms with Crippen LogP contribution < -0.4 is 0 Å². The van der Waals surface area contributed by atoms with Gasteiger partial charge in [-0.15, -0.1) is 0 Å². The Hall–Kier alpha value is -6.64. The molecular formula is C48H32N2. The molecule has 0 saturated heterocycles. The second-order valence-electron chi connectivity index (χ2n) is 12.9. The van der Waals surface area contributed by atoms with E-state index in [2.05, 4.69) is 203 Å². The summed E-state index contributed by atoms with van der Waals surface area (Å²) in [5.41, 5.74) is 14.4. The van der Waals surface area contributed by atoms with Crippen molar-refractivity contribution in [2.45, 2.75) is 0 Å². The zero-order valence-corrected chi connectivity index (χ0v) is 27.4. The van der Waals surface area contributed by atoms with Crippen molar-refractivity contribution < 1.29 is 0 Å². The molecule has 2 heterocycles. The minimum Gasteiger partial charge on any atom is -0.309 e. The monoisotopic (exact) mass is 636 g/mol. The summed E-state index contributed by atoms with van der Waals surface area (Å²) in [5.74, 6) is 0. The minimum absolute atomic E-state index is 1.14. The molecule has 0 aliphatic carbocycles. The van der Waals surface area contributed by atoms with E-state index in [9.17, 15) is 0 Å². The summed E-state index contributed by atoms with van der Waals surface area (Å²) in [6, 6.07) is 70.4. The molecular weight excluding hydrogens is 605 g/mol. The van der Waals surface area contributed by atoms with Gasteiger partial charge in [0.1, 0.15) is 0 Å². The molecule has 0 bridgehead atoms. The fraction of sp³-hybridized carbons (Fsp3) is 0. The average Bonchev–Trinajstić information content (AvgIpc) is 3.71. The predicted octanol–water partition coefficient (Wildman–Crippen LogP) is 12.9. The van der Waals surface area contributed by atoms with Crippen molar-refractivity contribution >= 4 is 43.6 Å². The molecule has 0 aliphatic rings. The highest BCUT2D eigenvalue weighted by Gasteiger charge is 2.19. The molecule has 0 spiro atoms. The van der Waals surface area contributed by atoms with Gasteiger partial charge in [-0.1, -0.05) is 146 Å². The van der Waals surface area contributed by atoms with Crippen LogP contribution in [0.1, 0.15) is 0 Å². The molecule has 8 aromatic carbocycles. The lowest BCUT2D eigenvalue weighted by Gasteiger charge is -2.16. The van der Waals surface area contributed by atoms with E-state index >= 15 is 0 Å². The van der Waals surface area contributed by atoms with Crippen LogP contribution in [0.2, 0.25) is 0 Å². The fourth-order valence-corrected chi connectivity index (χ4v) is 7.91. The number of benzene rings is 8. The molecule has 2 nitrogen and oxygen atoms in total. The molecule has 0 fully saturated rings. The van der Waals surface area contributed by atoms with Crippen LogP contribution in [0, 0.1) is 0 Å². The predicted molar refractivity (Wildman–Crippen MR) is 211 cm³/mol.